The summed E-state index contributed by atoms with van der Waals surface area (Å²) in [6, 6.07) is 6.36. The molecule has 0 saturated heterocycles. The Morgan fingerprint density at radius 1 is 1.26 bits per heavy atom. The van der Waals surface area contributed by atoms with Gasteiger partial charge in [-0.15, -0.1) is 0 Å². The molecule has 2 N–H and O–H groups in total. The fourth-order valence-corrected chi connectivity index (χ4v) is 2.54. The van der Waals surface area contributed by atoms with Crippen molar-refractivity contribution in [3.63, 3.8) is 0 Å². The van der Waals surface area contributed by atoms with Gasteiger partial charge in [0.05, 0.1) is 5.75 Å². The molecule has 6 heteroatoms. The van der Waals surface area contributed by atoms with Gasteiger partial charge in [0.1, 0.15) is 5.82 Å². The largest absolute Gasteiger partial charge is 0.310 e. The van der Waals surface area contributed by atoms with Crippen LogP contribution in [0.4, 0.5) is 4.39 Å². The first-order chi connectivity index (χ1) is 10.6. The second-order valence-corrected chi connectivity index (χ2v) is 8.33. The lowest BCUT2D eigenvalue weighted by Gasteiger charge is -2.18. The van der Waals surface area contributed by atoms with Crippen molar-refractivity contribution in [2.45, 2.75) is 39.7 Å². The molecule has 1 atom stereocenters. The van der Waals surface area contributed by atoms with Crippen LogP contribution < -0.4 is 5.32 Å². The van der Waals surface area contributed by atoms with Crippen LogP contribution in [-0.2, 0) is 16.5 Å². The number of nitrogens with one attached hydrogen (secondary N) is 1. The minimum atomic E-state index is -3.92. The van der Waals surface area contributed by atoms with E-state index < -0.39 is 10.1 Å². The van der Waals surface area contributed by atoms with Gasteiger partial charge in [-0.25, -0.2) is 4.39 Å². The van der Waals surface area contributed by atoms with E-state index in [0.717, 1.165) is 5.56 Å². The fourth-order valence-electron chi connectivity index (χ4n) is 2.03. The van der Waals surface area contributed by atoms with Crippen molar-refractivity contribution in [1.82, 2.24) is 5.32 Å². The molecule has 0 aliphatic carbocycles. The highest BCUT2D eigenvalue weighted by atomic mass is 32.2. The van der Waals surface area contributed by atoms with Crippen LogP contribution in [0.5, 0.6) is 0 Å². The lowest BCUT2D eigenvalue weighted by Crippen LogP contribution is -2.31. The first-order valence-corrected chi connectivity index (χ1v) is 9.28. The molecule has 0 fully saturated rings. The number of hydrogen-bond donors (Lipinski definition) is 2. The van der Waals surface area contributed by atoms with Gasteiger partial charge in [0.2, 0.25) is 0 Å². The minimum Gasteiger partial charge on any atom is -0.310 e. The Morgan fingerprint density at radius 3 is 2.39 bits per heavy atom. The fraction of sp³-hybridized carbons (Fsp3) is 0.529. The summed E-state index contributed by atoms with van der Waals surface area (Å²) in [6.45, 7) is 6.75. The number of hydrogen-bond acceptors (Lipinski definition) is 3. The van der Waals surface area contributed by atoms with Crippen LogP contribution in [0.1, 0.15) is 32.8 Å². The number of allylic oxidation sites excluding steroid dienone is 1. The van der Waals surface area contributed by atoms with Crippen LogP contribution in [0.2, 0.25) is 0 Å². The molecule has 23 heavy (non-hydrogen) atoms. The smallest absolute Gasteiger partial charge is 0.264 e. The van der Waals surface area contributed by atoms with Crippen LogP contribution in [0.15, 0.2) is 36.4 Å². The summed E-state index contributed by atoms with van der Waals surface area (Å²) in [7, 11) is -3.92. The van der Waals surface area contributed by atoms with Gasteiger partial charge in [0.15, 0.2) is 0 Å². The summed E-state index contributed by atoms with van der Waals surface area (Å²) in [4.78, 5) is 0. The zero-order valence-electron chi connectivity index (χ0n) is 13.9. The lowest BCUT2D eigenvalue weighted by molar-refractivity contribution is 0.478. The van der Waals surface area contributed by atoms with E-state index in [2.05, 4.69) is 38.2 Å². The van der Waals surface area contributed by atoms with E-state index in [4.69, 9.17) is 4.55 Å². The summed E-state index contributed by atoms with van der Waals surface area (Å²) >= 11 is 0. The summed E-state index contributed by atoms with van der Waals surface area (Å²) < 4.78 is 43.2. The SMILES string of the molecule is CC(C)(C)C=C[C@@H](Cc1ccc(F)cc1)NCCCS(=O)(=O)O. The summed E-state index contributed by atoms with van der Waals surface area (Å²) in [5.41, 5.74) is 1.04. The predicted octanol–water partition coefficient (Wildman–Crippen LogP) is 3.21. The molecule has 130 valence electrons. The van der Waals surface area contributed by atoms with Crippen LogP contribution >= 0.6 is 0 Å². The Hall–Kier alpha value is -1.24. The molecule has 0 heterocycles. The van der Waals surface area contributed by atoms with Crippen LogP contribution in [-0.4, -0.2) is 31.3 Å². The summed E-state index contributed by atoms with van der Waals surface area (Å²) in [5.74, 6) is -0.525. The third kappa shape index (κ3) is 10.2. The molecule has 0 radical (unpaired) electrons. The Labute approximate surface area is 138 Å². The van der Waals surface area contributed by atoms with Crippen molar-refractivity contribution in [3.8, 4) is 0 Å². The van der Waals surface area contributed by atoms with Crippen LogP contribution in [0.25, 0.3) is 0 Å². The maximum absolute atomic E-state index is 13.0. The standard InChI is InChI=1S/C17H26FNO3S/c1-17(2,3)10-9-16(19-11-4-12-23(20,21)22)13-14-5-7-15(18)8-6-14/h5-10,16,19H,4,11-13H2,1-3H3,(H,20,21,22)/t16-/m0/s1. The monoisotopic (exact) mass is 343 g/mol. The quantitative estimate of drug-likeness (QED) is 0.432. The molecule has 0 saturated carbocycles. The van der Waals surface area contributed by atoms with Crippen LogP contribution in [0, 0.1) is 11.2 Å². The highest BCUT2D eigenvalue weighted by Gasteiger charge is 2.10. The Balaban J connectivity index is 2.65. The number of halogens is 1. The third-order valence-electron chi connectivity index (χ3n) is 3.18. The first kappa shape index (κ1) is 19.8. The normalized spacial score (nSPS) is 14.3. The van der Waals surface area contributed by atoms with Crippen molar-refractivity contribution in [2.24, 2.45) is 5.41 Å². The Morgan fingerprint density at radius 2 is 1.87 bits per heavy atom. The van der Waals surface area contributed by atoms with Gasteiger partial charge in [-0.05, 0) is 42.5 Å². The maximum Gasteiger partial charge on any atom is 0.264 e. The van der Waals surface area contributed by atoms with Crippen molar-refractivity contribution in [2.75, 3.05) is 12.3 Å². The van der Waals surface area contributed by atoms with Crippen molar-refractivity contribution >= 4 is 10.1 Å². The molecule has 1 aromatic carbocycles. The van der Waals surface area contributed by atoms with Gasteiger partial charge in [0.25, 0.3) is 10.1 Å². The lowest BCUT2D eigenvalue weighted by atomic mass is 9.94. The molecule has 0 bridgehead atoms. The Kier molecular flexibility index (Phi) is 7.38. The van der Waals surface area contributed by atoms with Gasteiger partial charge >= 0.3 is 0 Å². The second kappa shape index (κ2) is 8.57. The number of benzene rings is 1. The second-order valence-electron chi connectivity index (χ2n) is 6.76. The molecule has 0 amide bonds. The summed E-state index contributed by atoms with van der Waals surface area (Å²) in [5, 5.41) is 3.27. The molecular formula is C17H26FNO3S. The van der Waals surface area contributed by atoms with E-state index in [-0.39, 0.29) is 23.0 Å². The molecule has 1 rings (SSSR count). The minimum absolute atomic E-state index is 0.0149. The molecule has 0 spiro atoms. The van der Waals surface area contributed by atoms with Gasteiger partial charge in [-0.1, -0.05) is 45.1 Å². The van der Waals surface area contributed by atoms with E-state index in [9.17, 15) is 12.8 Å². The van der Waals surface area contributed by atoms with Gasteiger partial charge in [-0.2, -0.15) is 8.42 Å². The average molecular weight is 343 g/mol. The third-order valence-corrected chi connectivity index (χ3v) is 3.99. The van der Waals surface area contributed by atoms with Gasteiger partial charge in [0, 0.05) is 6.04 Å². The molecule has 0 unspecified atom stereocenters. The van der Waals surface area contributed by atoms with Gasteiger partial charge in [-0.3, -0.25) is 4.55 Å². The van der Waals surface area contributed by atoms with E-state index in [1.54, 1.807) is 12.1 Å². The highest BCUT2D eigenvalue weighted by Crippen LogP contribution is 2.16. The maximum atomic E-state index is 13.0. The van der Waals surface area contributed by atoms with Gasteiger partial charge < -0.3 is 5.32 Å². The van der Waals surface area contributed by atoms with Crippen molar-refractivity contribution in [1.29, 1.82) is 0 Å². The molecule has 0 aliphatic heterocycles. The molecule has 4 nitrogen and oxygen atoms in total. The highest BCUT2D eigenvalue weighted by molar-refractivity contribution is 7.85. The van der Waals surface area contributed by atoms with Crippen molar-refractivity contribution < 1.29 is 17.4 Å². The van der Waals surface area contributed by atoms with E-state index >= 15 is 0 Å². The van der Waals surface area contributed by atoms with E-state index in [1.165, 1.54) is 12.1 Å². The molecule has 0 aromatic heterocycles. The zero-order chi connectivity index (χ0) is 17.5. The number of rotatable bonds is 8. The topological polar surface area (TPSA) is 66.4 Å². The zero-order valence-corrected chi connectivity index (χ0v) is 14.7. The molecule has 1 aromatic rings. The molecule has 0 aliphatic rings. The summed E-state index contributed by atoms with van der Waals surface area (Å²) in [6.07, 6.45) is 5.16. The molecular weight excluding hydrogens is 317 g/mol. The van der Waals surface area contributed by atoms with E-state index in [0.29, 0.717) is 19.4 Å². The first-order valence-electron chi connectivity index (χ1n) is 7.67. The average Bonchev–Trinajstić information content (AvgIpc) is 2.41. The Bertz CT molecular complexity index is 604. The van der Waals surface area contributed by atoms with E-state index in [1.807, 2.05) is 0 Å². The van der Waals surface area contributed by atoms with Crippen LogP contribution in [0.3, 0.4) is 0 Å². The van der Waals surface area contributed by atoms with Crippen molar-refractivity contribution in [3.05, 3.63) is 47.8 Å². The predicted molar refractivity (Wildman–Crippen MR) is 91.5 cm³/mol.